The minimum atomic E-state index is 0.125. The van der Waals surface area contributed by atoms with E-state index in [1.165, 1.54) is 0 Å². The predicted molar refractivity (Wildman–Crippen MR) is 142 cm³/mol. The third-order valence-corrected chi connectivity index (χ3v) is 7.13. The van der Waals surface area contributed by atoms with Crippen molar-refractivity contribution in [2.45, 2.75) is 37.9 Å². The van der Waals surface area contributed by atoms with Gasteiger partial charge < -0.3 is 15.3 Å². The average Bonchev–Trinajstić information content (AvgIpc) is 3.49. The number of hydrogen-bond acceptors (Lipinski definition) is 6. The van der Waals surface area contributed by atoms with Crippen LogP contribution in [0.2, 0.25) is 0 Å². The summed E-state index contributed by atoms with van der Waals surface area (Å²) in [6.45, 7) is 3.45. The van der Waals surface area contributed by atoms with Gasteiger partial charge in [0.1, 0.15) is 5.69 Å². The zero-order valence-corrected chi connectivity index (χ0v) is 20.5. The number of carbonyl (C=O) groups excluding carboxylic acids is 1. The lowest BCUT2D eigenvalue weighted by Gasteiger charge is -2.10. The number of nitrogens with one attached hydrogen (secondary N) is 1. The van der Waals surface area contributed by atoms with Crippen LogP contribution in [0.15, 0.2) is 66.0 Å². The molecule has 0 radical (unpaired) electrons. The minimum absolute atomic E-state index is 0.125. The van der Waals surface area contributed by atoms with Crippen molar-refractivity contribution in [3.63, 3.8) is 0 Å². The Labute approximate surface area is 208 Å². The largest absolute Gasteiger partial charge is 0.360 e. The molecule has 35 heavy (non-hydrogen) atoms. The molecule has 7 nitrogen and oxygen atoms in total. The van der Waals surface area contributed by atoms with Crippen LogP contribution in [0.4, 0.5) is 0 Å². The van der Waals surface area contributed by atoms with Gasteiger partial charge in [-0.3, -0.25) is 4.79 Å². The summed E-state index contributed by atoms with van der Waals surface area (Å²) in [5.74, 6) is 1.49. The highest BCUT2D eigenvalue weighted by Crippen LogP contribution is 2.27. The van der Waals surface area contributed by atoms with E-state index in [1.807, 2.05) is 61.7 Å². The highest BCUT2D eigenvalue weighted by Gasteiger charge is 2.17. The first-order chi connectivity index (χ1) is 17.2. The number of carbonyl (C=O) groups is 1. The number of hydrogen-bond donors (Lipinski definition) is 2. The second-order valence-electron chi connectivity index (χ2n) is 8.56. The number of rotatable bonds is 10. The van der Waals surface area contributed by atoms with Crippen LogP contribution in [0.1, 0.15) is 35.2 Å². The van der Waals surface area contributed by atoms with E-state index in [0.29, 0.717) is 18.7 Å². The summed E-state index contributed by atoms with van der Waals surface area (Å²) >= 11 is 1.56. The van der Waals surface area contributed by atoms with Crippen molar-refractivity contribution in [3.8, 4) is 11.5 Å². The molecule has 0 fully saturated rings. The number of aryl methyl sites for hydroxylation is 1. The molecule has 2 aromatic carbocycles. The first-order valence-electron chi connectivity index (χ1n) is 11.9. The number of benzene rings is 2. The van der Waals surface area contributed by atoms with E-state index in [-0.39, 0.29) is 5.78 Å². The van der Waals surface area contributed by atoms with Crippen LogP contribution < -0.4 is 5.73 Å². The second kappa shape index (κ2) is 10.4. The van der Waals surface area contributed by atoms with Gasteiger partial charge in [-0.05, 0) is 44.0 Å². The van der Waals surface area contributed by atoms with Gasteiger partial charge in [0.05, 0.1) is 5.52 Å². The molecule has 0 amide bonds. The van der Waals surface area contributed by atoms with E-state index in [4.69, 9.17) is 10.7 Å². The zero-order chi connectivity index (χ0) is 24.2. The van der Waals surface area contributed by atoms with E-state index < -0.39 is 0 Å². The maximum absolute atomic E-state index is 13.0. The molecule has 5 aromatic rings. The smallest absolute Gasteiger partial charge is 0.191 e. The fourth-order valence-corrected chi connectivity index (χ4v) is 5.20. The fraction of sp³-hybridized carbons (Fsp3) is 0.259. The number of thioether (sulfide) groups is 1. The summed E-state index contributed by atoms with van der Waals surface area (Å²) < 4.78 is 2.11. The SMILES string of the molecule is Cc1cccc2c(C(=O)CCSc3nnc(-c4ccc5ccccc5n4)n3CCCCN)c[nH]c12. The van der Waals surface area contributed by atoms with Gasteiger partial charge in [-0.2, -0.15) is 0 Å². The summed E-state index contributed by atoms with van der Waals surface area (Å²) in [6, 6.07) is 18.1. The van der Waals surface area contributed by atoms with Gasteiger partial charge in [-0.1, -0.05) is 54.2 Å². The second-order valence-corrected chi connectivity index (χ2v) is 9.63. The molecule has 8 heteroatoms. The molecule has 0 spiro atoms. The first kappa shape index (κ1) is 23.3. The summed E-state index contributed by atoms with van der Waals surface area (Å²) in [5, 5.41) is 11.8. The molecule has 0 bridgehead atoms. The van der Waals surface area contributed by atoms with Crippen LogP contribution >= 0.6 is 11.8 Å². The molecule has 0 unspecified atom stereocenters. The Morgan fingerprint density at radius 2 is 1.94 bits per heavy atom. The molecule has 3 aromatic heterocycles. The molecule has 0 aliphatic carbocycles. The number of para-hydroxylation sites is 2. The van der Waals surface area contributed by atoms with Gasteiger partial charge in [0.25, 0.3) is 0 Å². The zero-order valence-electron chi connectivity index (χ0n) is 19.7. The predicted octanol–water partition coefficient (Wildman–Crippen LogP) is 5.39. The van der Waals surface area contributed by atoms with Crippen molar-refractivity contribution in [3.05, 3.63) is 71.9 Å². The van der Waals surface area contributed by atoms with E-state index in [9.17, 15) is 4.79 Å². The van der Waals surface area contributed by atoms with Gasteiger partial charge in [-0.15, -0.1) is 10.2 Å². The third kappa shape index (κ3) is 4.85. The number of aromatic nitrogens is 5. The lowest BCUT2D eigenvalue weighted by Crippen LogP contribution is -2.07. The van der Waals surface area contributed by atoms with Gasteiger partial charge in [0.15, 0.2) is 16.8 Å². The van der Waals surface area contributed by atoms with Crippen molar-refractivity contribution in [1.29, 1.82) is 0 Å². The first-order valence-corrected chi connectivity index (χ1v) is 12.9. The van der Waals surface area contributed by atoms with Crippen LogP contribution in [0.3, 0.4) is 0 Å². The standard InChI is InChI=1S/C27H28N6OS/c1-18-7-6-9-20-21(17-29-25(18)20)24(34)13-16-35-27-32-31-26(33(27)15-5-4-14-28)23-12-11-19-8-2-3-10-22(19)30-23/h2-3,6-12,17,29H,4-5,13-16,28H2,1H3. The van der Waals surface area contributed by atoms with Crippen LogP contribution in [-0.2, 0) is 6.54 Å². The minimum Gasteiger partial charge on any atom is -0.360 e. The Morgan fingerprint density at radius 3 is 2.83 bits per heavy atom. The molecule has 3 N–H and O–H groups in total. The topological polar surface area (TPSA) is 102 Å². The fourth-order valence-electron chi connectivity index (χ4n) is 4.30. The van der Waals surface area contributed by atoms with E-state index in [0.717, 1.165) is 69.0 Å². The number of fused-ring (bicyclic) bond motifs is 2. The van der Waals surface area contributed by atoms with Gasteiger partial charge in [0, 0.05) is 46.8 Å². The van der Waals surface area contributed by atoms with Crippen molar-refractivity contribution in [1.82, 2.24) is 24.7 Å². The molecule has 0 saturated heterocycles. The molecule has 3 heterocycles. The summed E-state index contributed by atoms with van der Waals surface area (Å²) in [7, 11) is 0. The van der Waals surface area contributed by atoms with Crippen molar-refractivity contribution >= 4 is 39.4 Å². The molecule has 0 atom stereocenters. The highest BCUT2D eigenvalue weighted by atomic mass is 32.2. The molecule has 178 valence electrons. The summed E-state index contributed by atoms with van der Waals surface area (Å²) in [5.41, 5.74) is 10.4. The summed E-state index contributed by atoms with van der Waals surface area (Å²) in [4.78, 5) is 21.0. The van der Waals surface area contributed by atoms with Gasteiger partial charge >= 0.3 is 0 Å². The number of aromatic amines is 1. The number of unbranched alkanes of at least 4 members (excludes halogenated alkanes) is 1. The molecular weight excluding hydrogens is 456 g/mol. The van der Waals surface area contributed by atoms with E-state index >= 15 is 0 Å². The van der Waals surface area contributed by atoms with Crippen molar-refractivity contribution in [2.24, 2.45) is 5.73 Å². The molecule has 5 rings (SSSR count). The number of Topliss-reactive ketones (excluding diaryl/α,β-unsaturated/α-hetero) is 1. The molecule has 0 saturated carbocycles. The molecule has 0 aliphatic rings. The highest BCUT2D eigenvalue weighted by molar-refractivity contribution is 7.99. The number of nitrogens with two attached hydrogens (primary N) is 1. The number of H-pyrrole nitrogens is 1. The normalized spacial score (nSPS) is 11.5. The number of pyridine rings is 1. The number of nitrogens with zero attached hydrogens (tertiary/aromatic N) is 4. The van der Waals surface area contributed by atoms with E-state index in [2.05, 4.69) is 25.8 Å². The van der Waals surface area contributed by atoms with Crippen LogP contribution in [0.25, 0.3) is 33.3 Å². The van der Waals surface area contributed by atoms with Crippen LogP contribution in [0, 0.1) is 6.92 Å². The Kier molecular flexibility index (Phi) is 6.92. The molecule has 0 aliphatic heterocycles. The van der Waals surface area contributed by atoms with Gasteiger partial charge in [0.2, 0.25) is 0 Å². The maximum atomic E-state index is 13.0. The quantitative estimate of drug-likeness (QED) is 0.157. The average molecular weight is 485 g/mol. The lowest BCUT2D eigenvalue weighted by atomic mass is 10.1. The maximum Gasteiger partial charge on any atom is 0.191 e. The Hall–Kier alpha value is -3.49. The van der Waals surface area contributed by atoms with E-state index in [1.54, 1.807) is 11.8 Å². The van der Waals surface area contributed by atoms with Gasteiger partial charge in [-0.25, -0.2) is 4.98 Å². The summed E-state index contributed by atoms with van der Waals surface area (Å²) in [6.07, 6.45) is 4.09. The monoisotopic (exact) mass is 484 g/mol. The lowest BCUT2D eigenvalue weighted by molar-refractivity contribution is 0.0991. The Morgan fingerprint density at radius 1 is 1.06 bits per heavy atom. The van der Waals surface area contributed by atoms with Crippen molar-refractivity contribution in [2.75, 3.05) is 12.3 Å². The Bertz CT molecular complexity index is 1490. The third-order valence-electron chi connectivity index (χ3n) is 6.16. The van der Waals surface area contributed by atoms with Crippen LogP contribution in [0.5, 0.6) is 0 Å². The Balaban J connectivity index is 1.34. The van der Waals surface area contributed by atoms with Crippen molar-refractivity contribution < 1.29 is 4.79 Å². The number of ketones is 1. The van der Waals surface area contributed by atoms with Crippen LogP contribution in [-0.4, -0.2) is 42.8 Å². The molecular formula is C27H28N6OS.